The van der Waals surface area contributed by atoms with E-state index in [1.807, 2.05) is 12.1 Å². The van der Waals surface area contributed by atoms with E-state index in [4.69, 9.17) is 5.26 Å². The molecule has 0 fully saturated rings. The zero-order chi connectivity index (χ0) is 18.1. The summed E-state index contributed by atoms with van der Waals surface area (Å²) in [6.45, 7) is 0.619. The quantitative estimate of drug-likeness (QED) is 0.648. The third-order valence-corrected chi connectivity index (χ3v) is 5.07. The van der Waals surface area contributed by atoms with E-state index >= 15 is 0 Å². The number of nitrogens with zero attached hydrogens (tertiary/aromatic N) is 2. The maximum atomic E-state index is 12.5. The number of hydrogen-bond donors (Lipinski definition) is 3. The number of H-pyrrole nitrogens is 1. The van der Waals surface area contributed by atoms with Gasteiger partial charge in [-0.25, -0.2) is 4.98 Å². The molecule has 2 aromatic heterocycles. The number of carbonyl (C=O) groups excluding carboxylic acids is 2. The van der Waals surface area contributed by atoms with E-state index in [2.05, 4.69) is 20.6 Å². The van der Waals surface area contributed by atoms with Crippen molar-refractivity contribution < 1.29 is 9.59 Å². The second-order valence-electron chi connectivity index (χ2n) is 5.72. The number of fused-ring (bicyclic) bond motifs is 2. The van der Waals surface area contributed by atoms with Crippen LogP contribution in [0, 0.1) is 11.3 Å². The van der Waals surface area contributed by atoms with Crippen molar-refractivity contribution in [2.75, 3.05) is 17.6 Å². The van der Waals surface area contributed by atoms with Crippen LogP contribution in [0.25, 0.3) is 10.9 Å². The highest BCUT2D eigenvalue weighted by Crippen LogP contribution is 2.27. The maximum Gasteiger partial charge on any atom is 0.272 e. The summed E-state index contributed by atoms with van der Waals surface area (Å²) in [4.78, 5) is 32.5. The van der Waals surface area contributed by atoms with Gasteiger partial charge in [0.2, 0.25) is 0 Å². The lowest BCUT2D eigenvalue weighted by atomic mass is 10.2. The number of pyridine rings is 1. The van der Waals surface area contributed by atoms with E-state index in [0.29, 0.717) is 29.0 Å². The minimum absolute atomic E-state index is 0.137. The summed E-state index contributed by atoms with van der Waals surface area (Å²) in [5, 5.41) is 15.3. The lowest BCUT2D eigenvalue weighted by molar-refractivity contribution is 0.0953. The van der Waals surface area contributed by atoms with Gasteiger partial charge in [0.05, 0.1) is 17.3 Å². The highest BCUT2D eigenvalue weighted by molar-refractivity contribution is 7.99. The van der Waals surface area contributed by atoms with Crippen LogP contribution in [0.3, 0.4) is 0 Å². The minimum Gasteiger partial charge on any atom is -0.351 e. The van der Waals surface area contributed by atoms with Crippen molar-refractivity contribution in [3.63, 3.8) is 0 Å². The van der Waals surface area contributed by atoms with Crippen LogP contribution in [-0.2, 0) is 0 Å². The Morgan fingerprint density at radius 3 is 3.04 bits per heavy atom. The van der Waals surface area contributed by atoms with Crippen molar-refractivity contribution in [1.82, 2.24) is 15.3 Å². The number of hydrogen-bond acceptors (Lipinski definition) is 5. The molecule has 2 amide bonds. The monoisotopic (exact) mass is 363 g/mol. The molecule has 0 unspecified atom stereocenters. The number of carbonyl (C=O) groups is 2. The van der Waals surface area contributed by atoms with Gasteiger partial charge in [-0.3, -0.25) is 9.59 Å². The van der Waals surface area contributed by atoms with Gasteiger partial charge < -0.3 is 15.6 Å². The molecule has 0 saturated heterocycles. The highest BCUT2D eigenvalue weighted by Gasteiger charge is 2.17. The summed E-state index contributed by atoms with van der Waals surface area (Å²) in [5.74, 6) is 0.348. The fourth-order valence-corrected chi connectivity index (χ4v) is 3.64. The number of aromatic amines is 1. The van der Waals surface area contributed by atoms with Crippen LogP contribution < -0.4 is 10.6 Å². The normalized spacial score (nSPS) is 13.4. The number of rotatable bonds is 2. The van der Waals surface area contributed by atoms with Crippen LogP contribution in [0.4, 0.5) is 5.69 Å². The molecule has 0 saturated carbocycles. The average Bonchev–Trinajstić information content (AvgIpc) is 3.00. The largest absolute Gasteiger partial charge is 0.351 e. The number of amides is 2. The summed E-state index contributed by atoms with van der Waals surface area (Å²) in [7, 11) is 0. The van der Waals surface area contributed by atoms with E-state index < -0.39 is 0 Å². The Labute approximate surface area is 152 Å². The van der Waals surface area contributed by atoms with E-state index in [-0.39, 0.29) is 17.5 Å². The van der Waals surface area contributed by atoms with Gasteiger partial charge in [-0.1, -0.05) is 0 Å². The van der Waals surface area contributed by atoms with Gasteiger partial charge in [-0.15, -0.1) is 11.8 Å². The third-order valence-electron chi connectivity index (χ3n) is 3.99. The first-order valence-corrected chi connectivity index (χ1v) is 8.88. The molecule has 0 atom stereocenters. The van der Waals surface area contributed by atoms with Crippen molar-refractivity contribution in [2.45, 2.75) is 4.90 Å². The standard InChI is InChI=1S/C18H13N5O2S/c19-8-12-5-10-6-14(23-15(10)9-21-12)18(25)22-11-1-2-16-13(7-11)17(24)20-3-4-26-16/h1-2,5-7,9,23H,3-4H2,(H,20,24)(H,22,25). The van der Waals surface area contributed by atoms with Gasteiger partial charge in [0.15, 0.2) is 0 Å². The summed E-state index contributed by atoms with van der Waals surface area (Å²) in [5.41, 5.74) is 2.42. The molecule has 0 radical (unpaired) electrons. The second-order valence-corrected chi connectivity index (χ2v) is 6.86. The molecule has 3 heterocycles. The van der Waals surface area contributed by atoms with Crippen molar-refractivity contribution in [1.29, 1.82) is 5.26 Å². The second kappa shape index (κ2) is 6.54. The first-order chi connectivity index (χ1) is 12.6. The third kappa shape index (κ3) is 3.00. The molecule has 0 aliphatic carbocycles. The molecule has 0 spiro atoms. The Balaban J connectivity index is 1.60. The summed E-state index contributed by atoms with van der Waals surface area (Å²) in [6, 6.07) is 10.6. The number of benzene rings is 1. The molecular weight excluding hydrogens is 350 g/mol. The Kier molecular flexibility index (Phi) is 4.07. The van der Waals surface area contributed by atoms with E-state index in [0.717, 1.165) is 16.0 Å². The zero-order valence-corrected chi connectivity index (χ0v) is 14.3. The Hall–Kier alpha value is -3.31. The zero-order valence-electron chi connectivity index (χ0n) is 13.5. The van der Waals surface area contributed by atoms with Crippen LogP contribution in [0.15, 0.2) is 41.4 Å². The van der Waals surface area contributed by atoms with Crippen LogP contribution in [0.2, 0.25) is 0 Å². The summed E-state index contributed by atoms with van der Waals surface area (Å²) >= 11 is 1.61. The molecule has 3 N–H and O–H groups in total. The smallest absolute Gasteiger partial charge is 0.272 e. The molecule has 26 heavy (non-hydrogen) atoms. The molecule has 7 nitrogen and oxygen atoms in total. The predicted molar refractivity (Wildman–Crippen MR) is 98.3 cm³/mol. The number of thioether (sulfide) groups is 1. The molecule has 8 heteroatoms. The molecule has 1 aromatic carbocycles. The van der Waals surface area contributed by atoms with E-state index in [9.17, 15) is 9.59 Å². The van der Waals surface area contributed by atoms with Crippen molar-refractivity contribution >= 4 is 40.2 Å². The first-order valence-electron chi connectivity index (χ1n) is 7.89. The Morgan fingerprint density at radius 2 is 2.19 bits per heavy atom. The van der Waals surface area contributed by atoms with Gasteiger partial charge >= 0.3 is 0 Å². The molecule has 0 bridgehead atoms. The van der Waals surface area contributed by atoms with Crippen LogP contribution in [0.5, 0.6) is 0 Å². The van der Waals surface area contributed by atoms with Crippen molar-refractivity contribution in [3.05, 3.63) is 53.5 Å². The first kappa shape index (κ1) is 16.2. The minimum atomic E-state index is -0.332. The molecule has 1 aliphatic heterocycles. The Bertz CT molecular complexity index is 1080. The number of aromatic nitrogens is 2. The lowest BCUT2D eigenvalue weighted by Crippen LogP contribution is -2.24. The van der Waals surface area contributed by atoms with Crippen LogP contribution in [-0.4, -0.2) is 34.1 Å². The fraction of sp³-hybridized carbons (Fsp3) is 0.111. The van der Waals surface area contributed by atoms with Gasteiger partial charge in [-0.05, 0) is 30.3 Å². The molecule has 4 rings (SSSR count). The molecule has 128 valence electrons. The van der Waals surface area contributed by atoms with Gasteiger partial charge in [0.25, 0.3) is 11.8 Å². The SMILES string of the molecule is N#Cc1cc2cc(C(=O)Nc3ccc4c(c3)C(=O)NCCS4)[nH]c2cn1. The van der Waals surface area contributed by atoms with Crippen molar-refractivity contribution in [2.24, 2.45) is 0 Å². The molecule has 1 aliphatic rings. The van der Waals surface area contributed by atoms with Crippen LogP contribution >= 0.6 is 11.8 Å². The van der Waals surface area contributed by atoms with E-state index in [1.165, 1.54) is 6.20 Å². The summed E-state index contributed by atoms with van der Waals surface area (Å²) < 4.78 is 0. The number of anilines is 1. The van der Waals surface area contributed by atoms with Gasteiger partial charge in [-0.2, -0.15) is 5.26 Å². The van der Waals surface area contributed by atoms with Crippen LogP contribution in [0.1, 0.15) is 26.5 Å². The van der Waals surface area contributed by atoms with E-state index in [1.54, 1.807) is 36.0 Å². The topological polar surface area (TPSA) is 111 Å². The van der Waals surface area contributed by atoms with Crippen molar-refractivity contribution in [3.8, 4) is 6.07 Å². The highest BCUT2D eigenvalue weighted by atomic mass is 32.2. The predicted octanol–water partition coefficient (Wildman–Crippen LogP) is 2.52. The summed E-state index contributed by atoms with van der Waals surface area (Å²) in [6.07, 6.45) is 1.52. The van der Waals surface area contributed by atoms with Gasteiger partial charge in [0.1, 0.15) is 17.5 Å². The molecular formula is C18H13N5O2S. The average molecular weight is 363 g/mol. The van der Waals surface area contributed by atoms with Gasteiger partial charge in [0, 0.05) is 28.3 Å². The number of nitrogens with one attached hydrogen (secondary N) is 3. The lowest BCUT2D eigenvalue weighted by Gasteiger charge is -2.08. The molecule has 3 aromatic rings. The maximum absolute atomic E-state index is 12.5. The Morgan fingerprint density at radius 1 is 1.31 bits per heavy atom. The number of nitriles is 1. The fourth-order valence-electron chi connectivity index (χ4n) is 2.75.